The number of amides is 1. The van der Waals surface area contributed by atoms with Crippen molar-refractivity contribution < 1.29 is 14.3 Å². The summed E-state index contributed by atoms with van der Waals surface area (Å²) in [6.45, 7) is 6.65. The van der Waals surface area contributed by atoms with Gasteiger partial charge in [-0.3, -0.25) is 4.79 Å². The molecule has 16 heavy (non-hydrogen) atoms. The topological polar surface area (TPSA) is 38.8 Å². The van der Waals surface area contributed by atoms with Crippen LogP contribution in [0.15, 0.2) is 0 Å². The van der Waals surface area contributed by atoms with Crippen LogP contribution in [0.1, 0.15) is 33.6 Å². The van der Waals surface area contributed by atoms with E-state index in [1.54, 1.807) is 0 Å². The predicted molar refractivity (Wildman–Crippen MR) is 59.9 cm³/mol. The molecular formula is C12H21NO3. The van der Waals surface area contributed by atoms with E-state index in [4.69, 9.17) is 9.47 Å². The van der Waals surface area contributed by atoms with Gasteiger partial charge in [0, 0.05) is 25.4 Å². The van der Waals surface area contributed by atoms with E-state index in [0.717, 1.165) is 6.42 Å². The Morgan fingerprint density at radius 1 is 1.50 bits per heavy atom. The summed E-state index contributed by atoms with van der Waals surface area (Å²) in [5, 5.41) is 0. The van der Waals surface area contributed by atoms with E-state index in [1.165, 1.54) is 0 Å². The SMILES string of the molecule is C[C@@H]([C@H]1CCC(=O)N1C)[C@H]1COC(C)(C)O1. The lowest BCUT2D eigenvalue weighted by molar-refractivity contribution is -0.147. The maximum Gasteiger partial charge on any atom is 0.222 e. The Bertz CT molecular complexity index is 290. The summed E-state index contributed by atoms with van der Waals surface area (Å²) < 4.78 is 11.4. The van der Waals surface area contributed by atoms with Gasteiger partial charge in [-0.15, -0.1) is 0 Å². The smallest absolute Gasteiger partial charge is 0.222 e. The third-order valence-corrected chi connectivity index (χ3v) is 3.77. The maximum absolute atomic E-state index is 11.5. The highest BCUT2D eigenvalue weighted by Gasteiger charge is 2.41. The second-order valence-electron chi connectivity index (χ2n) is 5.34. The summed E-state index contributed by atoms with van der Waals surface area (Å²) in [6, 6.07) is 0.301. The van der Waals surface area contributed by atoms with E-state index >= 15 is 0 Å². The number of nitrogens with zero attached hydrogens (tertiary/aromatic N) is 1. The molecule has 2 aliphatic rings. The molecule has 2 saturated heterocycles. The van der Waals surface area contributed by atoms with Crippen LogP contribution in [-0.4, -0.2) is 42.4 Å². The molecule has 92 valence electrons. The Hall–Kier alpha value is -0.610. The Labute approximate surface area is 96.9 Å². The average Bonchev–Trinajstić information content (AvgIpc) is 2.71. The molecule has 0 bridgehead atoms. The second kappa shape index (κ2) is 4.00. The monoisotopic (exact) mass is 227 g/mol. The van der Waals surface area contributed by atoms with Crippen LogP contribution in [0.25, 0.3) is 0 Å². The molecular weight excluding hydrogens is 206 g/mol. The first kappa shape index (κ1) is 11.9. The molecule has 0 saturated carbocycles. The van der Waals surface area contributed by atoms with Crippen molar-refractivity contribution in [3.05, 3.63) is 0 Å². The highest BCUT2D eigenvalue weighted by molar-refractivity contribution is 5.78. The minimum atomic E-state index is -0.472. The van der Waals surface area contributed by atoms with Gasteiger partial charge >= 0.3 is 0 Å². The van der Waals surface area contributed by atoms with E-state index in [0.29, 0.717) is 25.0 Å². The van der Waals surface area contributed by atoms with Crippen molar-refractivity contribution in [2.24, 2.45) is 5.92 Å². The summed E-state index contributed by atoms with van der Waals surface area (Å²) in [7, 11) is 1.89. The van der Waals surface area contributed by atoms with Crippen LogP contribution in [0.2, 0.25) is 0 Å². The lowest BCUT2D eigenvalue weighted by atomic mass is 9.94. The molecule has 0 aliphatic carbocycles. The van der Waals surface area contributed by atoms with Gasteiger partial charge in [0.2, 0.25) is 5.91 Å². The highest BCUT2D eigenvalue weighted by Crippen LogP contribution is 2.32. The normalized spacial score (nSPS) is 35.8. The van der Waals surface area contributed by atoms with Crippen molar-refractivity contribution in [3.63, 3.8) is 0 Å². The first-order valence-corrected chi connectivity index (χ1v) is 5.98. The van der Waals surface area contributed by atoms with Gasteiger partial charge in [-0.1, -0.05) is 6.92 Å². The summed E-state index contributed by atoms with van der Waals surface area (Å²) in [4.78, 5) is 13.3. The number of rotatable bonds is 2. The third-order valence-electron chi connectivity index (χ3n) is 3.77. The number of hydrogen-bond donors (Lipinski definition) is 0. The molecule has 0 radical (unpaired) electrons. The molecule has 2 fully saturated rings. The predicted octanol–water partition coefficient (Wildman–Crippen LogP) is 1.39. The van der Waals surface area contributed by atoms with E-state index < -0.39 is 5.79 Å². The van der Waals surface area contributed by atoms with Crippen LogP contribution >= 0.6 is 0 Å². The molecule has 0 aromatic carbocycles. The summed E-state index contributed by atoms with van der Waals surface area (Å²) in [5.41, 5.74) is 0. The zero-order valence-corrected chi connectivity index (χ0v) is 10.5. The Kier molecular flexibility index (Phi) is 2.97. The van der Waals surface area contributed by atoms with Crippen LogP contribution in [0.3, 0.4) is 0 Å². The van der Waals surface area contributed by atoms with Gasteiger partial charge in [0.1, 0.15) is 0 Å². The summed E-state index contributed by atoms with van der Waals surface area (Å²) in [5.74, 6) is 0.105. The lowest BCUT2D eigenvalue weighted by Gasteiger charge is -2.30. The van der Waals surface area contributed by atoms with Crippen molar-refractivity contribution in [2.75, 3.05) is 13.7 Å². The molecule has 2 rings (SSSR count). The number of likely N-dealkylation sites (tertiary alicyclic amines) is 1. The first-order valence-electron chi connectivity index (χ1n) is 5.98. The van der Waals surface area contributed by atoms with Gasteiger partial charge in [-0.25, -0.2) is 0 Å². The van der Waals surface area contributed by atoms with Crippen molar-refractivity contribution in [2.45, 2.75) is 51.5 Å². The fraction of sp³-hybridized carbons (Fsp3) is 0.917. The summed E-state index contributed by atoms with van der Waals surface area (Å²) >= 11 is 0. The van der Waals surface area contributed by atoms with Gasteiger partial charge in [-0.05, 0) is 20.3 Å². The molecule has 2 aliphatic heterocycles. The summed E-state index contributed by atoms with van der Waals surface area (Å²) in [6.07, 6.45) is 1.72. The Balaban J connectivity index is 1.98. The lowest BCUT2D eigenvalue weighted by Crippen LogP contribution is -2.40. The fourth-order valence-corrected chi connectivity index (χ4v) is 2.66. The average molecular weight is 227 g/mol. The largest absolute Gasteiger partial charge is 0.348 e. The quantitative estimate of drug-likeness (QED) is 0.715. The van der Waals surface area contributed by atoms with Crippen molar-refractivity contribution in [1.29, 1.82) is 0 Å². The van der Waals surface area contributed by atoms with Gasteiger partial charge in [0.05, 0.1) is 12.7 Å². The standard InChI is InChI=1S/C12H21NO3/c1-8(9-5-6-11(14)13(9)4)10-7-15-12(2,3)16-10/h8-10H,5-7H2,1-4H3/t8-,9+,10+/m0/s1. The van der Waals surface area contributed by atoms with Gasteiger partial charge < -0.3 is 14.4 Å². The molecule has 0 aromatic heterocycles. The van der Waals surface area contributed by atoms with Crippen LogP contribution < -0.4 is 0 Å². The van der Waals surface area contributed by atoms with Crippen LogP contribution in [0.5, 0.6) is 0 Å². The van der Waals surface area contributed by atoms with Crippen molar-refractivity contribution in [3.8, 4) is 0 Å². The minimum absolute atomic E-state index is 0.105. The van der Waals surface area contributed by atoms with E-state index in [9.17, 15) is 4.79 Å². The molecule has 0 N–H and O–H groups in total. The Morgan fingerprint density at radius 3 is 2.62 bits per heavy atom. The molecule has 0 spiro atoms. The number of hydrogen-bond acceptors (Lipinski definition) is 3. The zero-order valence-electron chi connectivity index (χ0n) is 10.5. The molecule has 1 amide bonds. The van der Waals surface area contributed by atoms with Gasteiger partial charge in [0.25, 0.3) is 0 Å². The van der Waals surface area contributed by atoms with Gasteiger partial charge in [0.15, 0.2) is 5.79 Å². The molecule has 4 nitrogen and oxygen atoms in total. The molecule has 0 aromatic rings. The second-order valence-corrected chi connectivity index (χ2v) is 5.34. The van der Waals surface area contributed by atoms with E-state index in [2.05, 4.69) is 6.92 Å². The molecule has 3 atom stereocenters. The molecule has 0 unspecified atom stereocenters. The minimum Gasteiger partial charge on any atom is -0.348 e. The van der Waals surface area contributed by atoms with E-state index in [1.807, 2.05) is 25.8 Å². The Morgan fingerprint density at radius 2 is 2.19 bits per heavy atom. The first-order chi connectivity index (χ1) is 7.41. The number of carbonyl (C=O) groups excluding carboxylic acids is 1. The van der Waals surface area contributed by atoms with Crippen LogP contribution in [0.4, 0.5) is 0 Å². The number of ether oxygens (including phenoxy) is 2. The fourth-order valence-electron chi connectivity index (χ4n) is 2.66. The van der Waals surface area contributed by atoms with Gasteiger partial charge in [-0.2, -0.15) is 0 Å². The maximum atomic E-state index is 11.5. The highest BCUT2D eigenvalue weighted by atomic mass is 16.7. The van der Waals surface area contributed by atoms with Crippen LogP contribution in [-0.2, 0) is 14.3 Å². The molecule has 4 heteroatoms. The third kappa shape index (κ3) is 2.09. The van der Waals surface area contributed by atoms with Crippen molar-refractivity contribution in [1.82, 2.24) is 4.90 Å². The molecule has 2 heterocycles. The van der Waals surface area contributed by atoms with E-state index in [-0.39, 0.29) is 12.0 Å². The number of carbonyl (C=O) groups is 1. The van der Waals surface area contributed by atoms with Crippen molar-refractivity contribution >= 4 is 5.91 Å². The van der Waals surface area contributed by atoms with Crippen LogP contribution in [0, 0.1) is 5.92 Å². The zero-order chi connectivity index (χ0) is 11.9.